The Bertz CT molecular complexity index is 2290. The van der Waals surface area contributed by atoms with E-state index < -0.39 is 0 Å². The van der Waals surface area contributed by atoms with Crippen LogP contribution < -0.4 is 0 Å². The van der Waals surface area contributed by atoms with Gasteiger partial charge in [0.25, 0.3) is 0 Å². The van der Waals surface area contributed by atoms with E-state index in [1.165, 1.54) is 0 Å². The van der Waals surface area contributed by atoms with Crippen LogP contribution in [-0.2, 0) is 0 Å². The van der Waals surface area contributed by atoms with E-state index in [-0.39, 0.29) is 0 Å². The van der Waals surface area contributed by atoms with Crippen LogP contribution in [0.4, 0.5) is 0 Å². The highest BCUT2D eigenvalue weighted by Gasteiger charge is 2.20. The Morgan fingerprint density at radius 3 is 1.35 bits per heavy atom. The van der Waals surface area contributed by atoms with Gasteiger partial charge in [-0.05, 0) is 53.1 Å². The minimum Gasteiger partial charge on any atom is -0.455 e. The molecule has 5 aromatic carbocycles. The SMILES string of the molecule is c1ccc(-c2nc(-c3ccccc3)nc(-c3cccc4c3oc3c(-c5cc(-c6cccnc6)cc(-c6cccnc6)c5)cccc34)n2)cc1. The Balaban J connectivity index is 1.26. The van der Waals surface area contributed by atoms with E-state index in [1.54, 1.807) is 12.4 Å². The predicted octanol–water partition coefficient (Wildman–Crippen LogP) is 10.6. The summed E-state index contributed by atoms with van der Waals surface area (Å²) in [5.41, 5.74) is 10.4. The number of furan rings is 1. The summed E-state index contributed by atoms with van der Waals surface area (Å²) >= 11 is 0. The van der Waals surface area contributed by atoms with Crippen molar-refractivity contribution in [2.24, 2.45) is 0 Å². The standard InChI is InChI=1S/C43H27N5O/c1-3-11-28(12-4-1)41-46-42(29-13-5-2-6-14-29)48-43(47-41)38-20-8-19-37-36-18-7-17-35(39(36)49-40(37)38)34-24-32(30-15-9-21-44-26-30)23-33(25-34)31-16-10-22-45-27-31/h1-27H. The van der Waals surface area contributed by atoms with Gasteiger partial charge >= 0.3 is 0 Å². The van der Waals surface area contributed by atoms with Crippen LogP contribution in [0, 0.1) is 0 Å². The van der Waals surface area contributed by atoms with E-state index in [1.807, 2.05) is 97.3 Å². The van der Waals surface area contributed by atoms with Crippen molar-refractivity contribution in [2.75, 3.05) is 0 Å². The van der Waals surface area contributed by atoms with Gasteiger partial charge in [-0.25, -0.2) is 15.0 Å². The molecular weight excluding hydrogens is 603 g/mol. The van der Waals surface area contributed by atoms with Gasteiger partial charge in [0.05, 0.1) is 5.56 Å². The zero-order valence-electron chi connectivity index (χ0n) is 26.2. The highest BCUT2D eigenvalue weighted by molar-refractivity contribution is 6.13. The molecule has 0 amide bonds. The highest BCUT2D eigenvalue weighted by atomic mass is 16.3. The lowest BCUT2D eigenvalue weighted by atomic mass is 9.93. The summed E-state index contributed by atoms with van der Waals surface area (Å²) < 4.78 is 6.88. The van der Waals surface area contributed by atoms with Crippen molar-refractivity contribution in [3.05, 3.63) is 164 Å². The first kappa shape index (κ1) is 28.4. The molecule has 0 saturated carbocycles. The van der Waals surface area contributed by atoms with Crippen LogP contribution in [0.2, 0.25) is 0 Å². The Kier molecular flexibility index (Phi) is 7.02. The largest absolute Gasteiger partial charge is 0.455 e. The van der Waals surface area contributed by atoms with Gasteiger partial charge in [-0.1, -0.05) is 103 Å². The average molecular weight is 630 g/mol. The molecule has 0 radical (unpaired) electrons. The lowest BCUT2D eigenvalue weighted by Crippen LogP contribution is -2.00. The minimum atomic E-state index is 0.552. The van der Waals surface area contributed by atoms with Crippen molar-refractivity contribution in [3.63, 3.8) is 0 Å². The topological polar surface area (TPSA) is 77.6 Å². The summed E-state index contributed by atoms with van der Waals surface area (Å²) in [6.45, 7) is 0. The molecule has 4 aromatic heterocycles. The van der Waals surface area contributed by atoms with Crippen molar-refractivity contribution in [1.82, 2.24) is 24.9 Å². The van der Waals surface area contributed by atoms with Gasteiger partial charge in [-0.2, -0.15) is 0 Å². The third kappa shape index (κ3) is 5.31. The summed E-state index contributed by atoms with van der Waals surface area (Å²) in [6, 6.07) is 47.1. The molecule has 49 heavy (non-hydrogen) atoms. The monoisotopic (exact) mass is 629 g/mol. The maximum absolute atomic E-state index is 6.88. The van der Waals surface area contributed by atoms with E-state index in [2.05, 4.69) is 64.6 Å². The summed E-state index contributed by atoms with van der Waals surface area (Å²) in [6.07, 6.45) is 7.37. The molecule has 0 N–H and O–H groups in total. The third-order valence-corrected chi connectivity index (χ3v) is 8.70. The fraction of sp³-hybridized carbons (Fsp3) is 0. The van der Waals surface area contributed by atoms with Gasteiger partial charge < -0.3 is 4.42 Å². The molecule has 0 aliphatic rings. The second-order valence-electron chi connectivity index (χ2n) is 11.8. The molecule has 6 heteroatoms. The smallest absolute Gasteiger partial charge is 0.167 e. The van der Waals surface area contributed by atoms with E-state index in [0.29, 0.717) is 17.5 Å². The summed E-state index contributed by atoms with van der Waals surface area (Å²) in [4.78, 5) is 23.6. The molecule has 230 valence electrons. The normalized spacial score (nSPS) is 11.3. The highest BCUT2D eigenvalue weighted by Crippen LogP contribution is 2.41. The molecule has 9 rings (SSSR count). The van der Waals surface area contributed by atoms with E-state index in [4.69, 9.17) is 19.4 Å². The molecule has 0 fully saturated rings. The van der Waals surface area contributed by atoms with E-state index in [0.717, 1.165) is 72.0 Å². The second kappa shape index (κ2) is 12.1. The molecule has 0 aliphatic heterocycles. The Labute approximate surface area is 282 Å². The molecule has 4 heterocycles. The second-order valence-corrected chi connectivity index (χ2v) is 11.8. The molecule has 0 unspecified atom stereocenters. The number of rotatable bonds is 6. The Morgan fingerprint density at radius 2 is 0.816 bits per heavy atom. The number of hydrogen-bond acceptors (Lipinski definition) is 6. The van der Waals surface area contributed by atoms with Crippen molar-refractivity contribution < 1.29 is 4.42 Å². The molecule has 6 nitrogen and oxygen atoms in total. The predicted molar refractivity (Wildman–Crippen MR) is 195 cm³/mol. The molecule has 0 saturated heterocycles. The number of pyridine rings is 2. The van der Waals surface area contributed by atoms with Gasteiger partial charge in [0.2, 0.25) is 0 Å². The first-order chi connectivity index (χ1) is 24.3. The van der Waals surface area contributed by atoms with Crippen LogP contribution in [0.15, 0.2) is 169 Å². The van der Waals surface area contributed by atoms with Gasteiger partial charge in [0.15, 0.2) is 17.5 Å². The van der Waals surface area contributed by atoms with Crippen molar-refractivity contribution in [3.8, 4) is 67.5 Å². The number of nitrogens with zero attached hydrogens (tertiary/aromatic N) is 5. The lowest BCUT2D eigenvalue weighted by molar-refractivity contribution is 0.670. The lowest BCUT2D eigenvalue weighted by Gasteiger charge is -2.11. The molecule has 0 atom stereocenters. The van der Waals surface area contributed by atoms with Gasteiger partial charge in [-0.3, -0.25) is 9.97 Å². The fourth-order valence-corrected chi connectivity index (χ4v) is 6.34. The summed E-state index contributed by atoms with van der Waals surface area (Å²) in [5.74, 6) is 1.76. The molecular formula is C43H27N5O. The fourth-order valence-electron chi connectivity index (χ4n) is 6.34. The maximum atomic E-state index is 6.88. The van der Waals surface area contributed by atoms with Crippen molar-refractivity contribution in [2.45, 2.75) is 0 Å². The maximum Gasteiger partial charge on any atom is 0.167 e. The van der Waals surface area contributed by atoms with E-state index in [9.17, 15) is 0 Å². The molecule has 0 bridgehead atoms. The zero-order chi connectivity index (χ0) is 32.6. The zero-order valence-corrected chi connectivity index (χ0v) is 26.2. The average Bonchev–Trinajstić information content (AvgIpc) is 3.58. The first-order valence-corrected chi connectivity index (χ1v) is 16.1. The minimum absolute atomic E-state index is 0.552. The number of para-hydroxylation sites is 2. The summed E-state index contributed by atoms with van der Waals surface area (Å²) in [5, 5.41) is 2.01. The molecule has 0 spiro atoms. The number of hydrogen-bond donors (Lipinski definition) is 0. The van der Waals surface area contributed by atoms with Gasteiger partial charge in [0.1, 0.15) is 11.2 Å². The first-order valence-electron chi connectivity index (χ1n) is 16.1. The van der Waals surface area contributed by atoms with Gasteiger partial charge in [-0.15, -0.1) is 0 Å². The number of aromatic nitrogens is 5. The number of benzene rings is 5. The molecule has 9 aromatic rings. The van der Waals surface area contributed by atoms with Gasteiger partial charge in [0, 0.05) is 63.4 Å². The quantitative estimate of drug-likeness (QED) is 0.182. The van der Waals surface area contributed by atoms with Crippen LogP contribution >= 0.6 is 0 Å². The van der Waals surface area contributed by atoms with Crippen molar-refractivity contribution >= 4 is 21.9 Å². The van der Waals surface area contributed by atoms with E-state index >= 15 is 0 Å². The Morgan fingerprint density at radius 1 is 0.347 bits per heavy atom. The summed E-state index contributed by atoms with van der Waals surface area (Å²) in [7, 11) is 0. The van der Waals surface area contributed by atoms with Crippen LogP contribution in [0.1, 0.15) is 0 Å². The van der Waals surface area contributed by atoms with Crippen LogP contribution in [0.25, 0.3) is 89.5 Å². The van der Waals surface area contributed by atoms with Crippen LogP contribution in [0.3, 0.4) is 0 Å². The van der Waals surface area contributed by atoms with Crippen LogP contribution in [-0.4, -0.2) is 24.9 Å². The third-order valence-electron chi connectivity index (χ3n) is 8.70. The molecule has 0 aliphatic carbocycles. The Hall–Kier alpha value is -6.79. The van der Waals surface area contributed by atoms with Crippen LogP contribution in [0.5, 0.6) is 0 Å². The van der Waals surface area contributed by atoms with Crippen molar-refractivity contribution in [1.29, 1.82) is 0 Å². The number of fused-ring (bicyclic) bond motifs is 3.